The van der Waals surface area contributed by atoms with Gasteiger partial charge in [-0.3, -0.25) is 0 Å². The zero-order chi connectivity index (χ0) is 12.0. The van der Waals surface area contributed by atoms with Gasteiger partial charge in [0.05, 0.1) is 12.7 Å². The fourth-order valence-electron chi connectivity index (χ4n) is 1.53. The highest BCUT2D eigenvalue weighted by atomic mass is 16.5. The molecule has 0 aliphatic carbocycles. The summed E-state index contributed by atoms with van der Waals surface area (Å²) in [5, 5.41) is 9.11. The van der Waals surface area contributed by atoms with Gasteiger partial charge in [-0.1, -0.05) is 26.0 Å². The minimum Gasteiger partial charge on any atom is -0.494 e. The Kier molecular flexibility index (Phi) is 5.33. The van der Waals surface area contributed by atoms with E-state index in [1.165, 1.54) is 5.56 Å². The third kappa shape index (κ3) is 4.67. The second-order valence-corrected chi connectivity index (χ2v) is 4.57. The molecule has 0 radical (unpaired) electrons. The number of rotatable bonds is 6. The molecule has 0 saturated heterocycles. The van der Waals surface area contributed by atoms with Gasteiger partial charge in [0.1, 0.15) is 5.75 Å². The predicted octanol–water partition coefficient (Wildman–Crippen LogP) is 3.35. The number of aliphatic hydroxyl groups excluding tert-OH is 1. The van der Waals surface area contributed by atoms with Gasteiger partial charge in [0, 0.05) is 0 Å². The third-order valence-electron chi connectivity index (χ3n) is 2.56. The van der Waals surface area contributed by atoms with Crippen molar-refractivity contribution in [1.82, 2.24) is 0 Å². The van der Waals surface area contributed by atoms with Gasteiger partial charge in [-0.25, -0.2) is 0 Å². The average molecular weight is 222 g/mol. The number of aliphatic hydroxyl groups is 1. The Labute approximate surface area is 98.3 Å². The summed E-state index contributed by atoms with van der Waals surface area (Å²) >= 11 is 0. The van der Waals surface area contributed by atoms with Crippen LogP contribution in [0.2, 0.25) is 0 Å². The van der Waals surface area contributed by atoms with E-state index in [0.29, 0.717) is 12.5 Å². The van der Waals surface area contributed by atoms with E-state index < -0.39 is 0 Å². The maximum Gasteiger partial charge on any atom is 0.119 e. The molecular formula is C14H22O2. The van der Waals surface area contributed by atoms with E-state index in [1.54, 1.807) is 6.92 Å². The highest BCUT2D eigenvalue weighted by Crippen LogP contribution is 2.20. The Balaban J connectivity index is 2.39. The largest absolute Gasteiger partial charge is 0.494 e. The molecule has 1 aromatic rings. The number of hydrogen-bond acceptors (Lipinski definition) is 2. The first-order valence-corrected chi connectivity index (χ1v) is 6.00. The van der Waals surface area contributed by atoms with Crippen LogP contribution in [-0.4, -0.2) is 17.8 Å². The fourth-order valence-corrected chi connectivity index (χ4v) is 1.53. The molecule has 90 valence electrons. The van der Waals surface area contributed by atoms with Crippen molar-refractivity contribution in [2.75, 3.05) is 6.61 Å². The van der Waals surface area contributed by atoms with Crippen LogP contribution in [0.5, 0.6) is 5.75 Å². The maximum atomic E-state index is 9.11. The maximum absolute atomic E-state index is 9.11. The lowest BCUT2D eigenvalue weighted by atomic mass is 10.0. The topological polar surface area (TPSA) is 29.5 Å². The number of hydrogen-bond donors (Lipinski definition) is 1. The van der Waals surface area contributed by atoms with Crippen LogP contribution in [0.15, 0.2) is 24.3 Å². The van der Waals surface area contributed by atoms with Gasteiger partial charge in [0.15, 0.2) is 0 Å². The van der Waals surface area contributed by atoms with Gasteiger partial charge >= 0.3 is 0 Å². The Bertz CT molecular complexity index is 305. The van der Waals surface area contributed by atoms with Gasteiger partial charge in [0.25, 0.3) is 0 Å². The second kappa shape index (κ2) is 6.54. The normalized spacial score (nSPS) is 12.8. The lowest BCUT2D eigenvalue weighted by Gasteiger charge is -2.10. The molecule has 0 aliphatic heterocycles. The molecule has 0 amide bonds. The quantitative estimate of drug-likeness (QED) is 0.748. The summed E-state index contributed by atoms with van der Waals surface area (Å²) in [5.74, 6) is 1.46. The zero-order valence-corrected chi connectivity index (χ0v) is 10.4. The van der Waals surface area contributed by atoms with Crippen LogP contribution in [0, 0.1) is 0 Å². The lowest BCUT2D eigenvalue weighted by molar-refractivity contribution is 0.170. The van der Waals surface area contributed by atoms with Gasteiger partial charge in [-0.2, -0.15) is 0 Å². The summed E-state index contributed by atoms with van der Waals surface area (Å²) in [7, 11) is 0. The molecular weight excluding hydrogens is 200 g/mol. The lowest BCUT2D eigenvalue weighted by Crippen LogP contribution is -2.04. The molecule has 0 aromatic heterocycles. The molecule has 0 fully saturated rings. The Morgan fingerprint density at radius 2 is 2.00 bits per heavy atom. The molecule has 1 N–H and O–H groups in total. The van der Waals surface area contributed by atoms with Crippen molar-refractivity contribution in [3.8, 4) is 5.75 Å². The van der Waals surface area contributed by atoms with Crippen LogP contribution >= 0.6 is 0 Å². The van der Waals surface area contributed by atoms with Crippen LogP contribution in [0.4, 0.5) is 0 Å². The SMILES string of the molecule is CC(O)CCCOc1cccc(C(C)C)c1. The fraction of sp³-hybridized carbons (Fsp3) is 0.571. The van der Waals surface area contributed by atoms with Crippen LogP contribution in [-0.2, 0) is 0 Å². The minimum absolute atomic E-state index is 0.231. The van der Waals surface area contributed by atoms with Gasteiger partial charge in [0.2, 0.25) is 0 Å². The van der Waals surface area contributed by atoms with E-state index in [0.717, 1.165) is 18.6 Å². The van der Waals surface area contributed by atoms with E-state index in [-0.39, 0.29) is 6.10 Å². The van der Waals surface area contributed by atoms with Gasteiger partial charge in [-0.05, 0) is 43.4 Å². The Morgan fingerprint density at radius 3 is 2.62 bits per heavy atom. The van der Waals surface area contributed by atoms with E-state index >= 15 is 0 Å². The average Bonchev–Trinajstić information content (AvgIpc) is 2.24. The molecule has 0 saturated carbocycles. The monoisotopic (exact) mass is 222 g/mol. The number of ether oxygens (including phenoxy) is 1. The smallest absolute Gasteiger partial charge is 0.119 e. The summed E-state index contributed by atoms with van der Waals surface area (Å²) in [4.78, 5) is 0. The van der Waals surface area contributed by atoms with E-state index in [4.69, 9.17) is 9.84 Å². The molecule has 1 unspecified atom stereocenters. The summed E-state index contributed by atoms with van der Waals surface area (Å²) in [6, 6.07) is 8.22. The molecule has 0 heterocycles. The Hall–Kier alpha value is -1.02. The standard InChI is InChI=1S/C14H22O2/c1-11(2)13-7-4-8-14(10-13)16-9-5-6-12(3)15/h4,7-8,10-12,15H,5-6,9H2,1-3H3. The summed E-state index contributed by atoms with van der Waals surface area (Å²) in [6.45, 7) is 6.82. The third-order valence-corrected chi connectivity index (χ3v) is 2.56. The molecule has 1 atom stereocenters. The van der Waals surface area contributed by atoms with Crippen molar-refractivity contribution in [3.63, 3.8) is 0 Å². The van der Waals surface area contributed by atoms with Crippen molar-refractivity contribution in [3.05, 3.63) is 29.8 Å². The highest BCUT2D eigenvalue weighted by molar-refractivity contribution is 5.30. The van der Waals surface area contributed by atoms with Crippen LogP contribution in [0.3, 0.4) is 0 Å². The van der Waals surface area contributed by atoms with Crippen molar-refractivity contribution in [1.29, 1.82) is 0 Å². The first-order chi connectivity index (χ1) is 7.59. The first-order valence-electron chi connectivity index (χ1n) is 6.00. The second-order valence-electron chi connectivity index (χ2n) is 4.57. The molecule has 0 spiro atoms. The number of benzene rings is 1. The van der Waals surface area contributed by atoms with Crippen molar-refractivity contribution in [2.45, 2.75) is 45.6 Å². The minimum atomic E-state index is -0.231. The molecule has 0 aliphatic rings. The predicted molar refractivity (Wildman–Crippen MR) is 66.9 cm³/mol. The molecule has 1 aromatic carbocycles. The first kappa shape index (κ1) is 13.0. The van der Waals surface area contributed by atoms with E-state index in [2.05, 4.69) is 26.0 Å². The van der Waals surface area contributed by atoms with E-state index in [9.17, 15) is 0 Å². The molecule has 16 heavy (non-hydrogen) atoms. The van der Waals surface area contributed by atoms with Crippen molar-refractivity contribution < 1.29 is 9.84 Å². The summed E-state index contributed by atoms with van der Waals surface area (Å²) in [5.41, 5.74) is 1.30. The highest BCUT2D eigenvalue weighted by Gasteiger charge is 2.01. The van der Waals surface area contributed by atoms with Crippen LogP contribution < -0.4 is 4.74 Å². The van der Waals surface area contributed by atoms with Crippen LogP contribution in [0.1, 0.15) is 45.1 Å². The summed E-state index contributed by atoms with van der Waals surface area (Å²) < 4.78 is 5.64. The molecule has 2 nitrogen and oxygen atoms in total. The zero-order valence-electron chi connectivity index (χ0n) is 10.4. The molecule has 1 rings (SSSR count). The van der Waals surface area contributed by atoms with Gasteiger partial charge < -0.3 is 9.84 Å². The van der Waals surface area contributed by atoms with Crippen LogP contribution in [0.25, 0.3) is 0 Å². The van der Waals surface area contributed by atoms with Crippen molar-refractivity contribution >= 4 is 0 Å². The molecule has 0 bridgehead atoms. The van der Waals surface area contributed by atoms with E-state index in [1.807, 2.05) is 12.1 Å². The molecule has 2 heteroatoms. The Morgan fingerprint density at radius 1 is 1.25 bits per heavy atom. The summed E-state index contributed by atoms with van der Waals surface area (Å²) in [6.07, 6.45) is 1.46. The van der Waals surface area contributed by atoms with Gasteiger partial charge in [-0.15, -0.1) is 0 Å². The van der Waals surface area contributed by atoms with Crippen molar-refractivity contribution in [2.24, 2.45) is 0 Å².